The lowest BCUT2D eigenvalue weighted by Crippen LogP contribution is -2.43. The van der Waals surface area contributed by atoms with E-state index in [4.69, 9.17) is 5.11 Å². The fourth-order valence-electron chi connectivity index (χ4n) is 3.19. The van der Waals surface area contributed by atoms with Crippen molar-refractivity contribution in [3.05, 3.63) is 30.1 Å². The quantitative estimate of drug-likeness (QED) is 0.802. The van der Waals surface area contributed by atoms with Crippen LogP contribution in [0.4, 0.5) is 0 Å². The van der Waals surface area contributed by atoms with Crippen LogP contribution in [0.25, 0.3) is 0 Å². The summed E-state index contributed by atoms with van der Waals surface area (Å²) >= 11 is 0. The van der Waals surface area contributed by atoms with Crippen molar-refractivity contribution in [2.45, 2.75) is 51.2 Å². The van der Waals surface area contributed by atoms with Crippen molar-refractivity contribution in [3.63, 3.8) is 0 Å². The zero-order valence-electron chi connectivity index (χ0n) is 13.4. The van der Waals surface area contributed by atoms with Crippen LogP contribution in [-0.2, 0) is 9.59 Å². The molecule has 0 aliphatic carbocycles. The summed E-state index contributed by atoms with van der Waals surface area (Å²) in [6, 6.07) is 3.70. The summed E-state index contributed by atoms with van der Waals surface area (Å²) in [6.07, 6.45) is 5.42. The van der Waals surface area contributed by atoms with Crippen molar-refractivity contribution in [1.29, 1.82) is 0 Å². The van der Waals surface area contributed by atoms with Crippen LogP contribution in [0, 0.1) is 5.92 Å². The van der Waals surface area contributed by atoms with Crippen LogP contribution >= 0.6 is 0 Å². The Morgan fingerprint density at radius 2 is 2.09 bits per heavy atom. The molecule has 1 aliphatic heterocycles. The number of hydrogen-bond donors (Lipinski definition) is 2. The number of likely N-dealkylation sites (tertiary alicyclic amines) is 1. The van der Waals surface area contributed by atoms with E-state index in [2.05, 4.69) is 4.98 Å². The van der Waals surface area contributed by atoms with E-state index in [-0.39, 0.29) is 11.9 Å². The molecule has 0 aromatic carbocycles. The fraction of sp³-hybridized carbons (Fsp3) is 0.588. The SMILES string of the molecule is CCCC[C@@H](C(=O)N1CCCC1c1ccncc1)[C@H](O)C(=O)O. The minimum absolute atomic E-state index is 0.0596. The minimum atomic E-state index is -1.65. The van der Waals surface area contributed by atoms with Crippen molar-refractivity contribution in [3.8, 4) is 0 Å². The molecule has 0 spiro atoms. The van der Waals surface area contributed by atoms with Gasteiger partial charge in [0.2, 0.25) is 5.91 Å². The zero-order valence-corrected chi connectivity index (χ0v) is 13.4. The maximum Gasteiger partial charge on any atom is 0.333 e. The number of pyridine rings is 1. The lowest BCUT2D eigenvalue weighted by Gasteiger charge is -2.30. The Balaban J connectivity index is 2.18. The van der Waals surface area contributed by atoms with Gasteiger partial charge in [0.25, 0.3) is 0 Å². The van der Waals surface area contributed by atoms with Crippen LogP contribution in [0.2, 0.25) is 0 Å². The first-order chi connectivity index (χ1) is 11.1. The molecule has 126 valence electrons. The Hall–Kier alpha value is -1.95. The highest BCUT2D eigenvalue weighted by Crippen LogP contribution is 2.34. The third-order valence-electron chi connectivity index (χ3n) is 4.45. The second-order valence-corrected chi connectivity index (χ2v) is 6.00. The number of aliphatic hydroxyl groups is 1. The molecule has 2 rings (SSSR count). The number of hydrogen-bond acceptors (Lipinski definition) is 4. The molecule has 1 saturated heterocycles. The standard InChI is InChI=1S/C17H24N2O4/c1-2-3-5-13(15(20)17(22)23)16(21)19-11-4-6-14(19)12-7-9-18-10-8-12/h7-10,13-15,20H,2-6,11H2,1H3,(H,22,23)/t13-,14?,15+/m1/s1. The van der Waals surface area contributed by atoms with Gasteiger partial charge in [-0.15, -0.1) is 0 Å². The first-order valence-corrected chi connectivity index (χ1v) is 8.17. The van der Waals surface area contributed by atoms with Crippen LogP contribution in [0.1, 0.15) is 50.6 Å². The predicted octanol–water partition coefficient (Wildman–Crippen LogP) is 2.00. The van der Waals surface area contributed by atoms with Crippen LogP contribution in [-0.4, -0.2) is 44.6 Å². The van der Waals surface area contributed by atoms with Gasteiger partial charge < -0.3 is 15.1 Å². The Labute approximate surface area is 136 Å². The maximum atomic E-state index is 12.9. The maximum absolute atomic E-state index is 12.9. The van der Waals surface area contributed by atoms with Crippen LogP contribution in [0.15, 0.2) is 24.5 Å². The highest BCUT2D eigenvalue weighted by molar-refractivity contribution is 5.86. The lowest BCUT2D eigenvalue weighted by atomic mass is 9.93. The molecule has 0 saturated carbocycles. The van der Waals surface area contributed by atoms with Crippen LogP contribution < -0.4 is 0 Å². The lowest BCUT2D eigenvalue weighted by molar-refractivity contribution is -0.157. The van der Waals surface area contributed by atoms with Gasteiger partial charge in [-0.1, -0.05) is 19.8 Å². The van der Waals surface area contributed by atoms with E-state index >= 15 is 0 Å². The van der Waals surface area contributed by atoms with E-state index in [9.17, 15) is 14.7 Å². The fourth-order valence-corrected chi connectivity index (χ4v) is 3.19. The number of carboxylic acid groups (broad SMARTS) is 1. The third kappa shape index (κ3) is 4.07. The largest absolute Gasteiger partial charge is 0.479 e. The molecule has 2 heterocycles. The van der Waals surface area contributed by atoms with Crippen LogP contribution in [0.3, 0.4) is 0 Å². The van der Waals surface area contributed by atoms with Gasteiger partial charge >= 0.3 is 5.97 Å². The molecule has 1 fully saturated rings. The monoisotopic (exact) mass is 320 g/mol. The number of carbonyl (C=O) groups excluding carboxylic acids is 1. The van der Waals surface area contributed by atoms with E-state index in [1.165, 1.54) is 0 Å². The van der Waals surface area contributed by atoms with Gasteiger partial charge in [-0.3, -0.25) is 9.78 Å². The second-order valence-electron chi connectivity index (χ2n) is 6.00. The zero-order chi connectivity index (χ0) is 16.8. The van der Waals surface area contributed by atoms with Gasteiger partial charge in [0.05, 0.1) is 12.0 Å². The first kappa shape index (κ1) is 17.4. The molecule has 1 aromatic heterocycles. The molecule has 1 aromatic rings. The van der Waals surface area contributed by atoms with E-state index in [1.54, 1.807) is 17.3 Å². The predicted molar refractivity (Wildman–Crippen MR) is 84.6 cm³/mol. The summed E-state index contributed by atoms with van der Waals surface area (Å²) in [5.74, 6) is -2.47. The Morgan fingerprint density at radius 1 is 1.39 bits per heavy atom. The molecule has 6 heteroatoms. The molecule has 1 aliphatic rings. The highest BCUT2D eigenvalue weighted by atomic mass is 16.4. The minimum Gasteiger partial charge on any atom is -0.479 e. The number of carboxylic acids is 1. The number of aliphatic carboxylic acids is 1. The van der Waals surface area contributed by atoms with E-state index in [1.807, 2.05) is 19.1 Å². The van der Waals surface area contributed by atoms with Gasteiger partial charge in [-0.25, -0.2) is 4.79 Å². The molecule has 0 bridgehead atoms. The number of carbonyl (C=O) groups is 2. The summed E-state index contributed by atoms with van der Waals surface area (Å²) < 4.78 is 0. The van der Waals surface area contributed by atoms with Crippen molar-refractivity contribution in [1.82, 2.24) is 9.88 Å². The van der Waals surface area contributed by atoms with Gasteiger partial charge in [0, 0.05) is 18.9 Å². The van der Waals surface area contributed by atoms with Crippen molar-refractivity contribution >= 4 is 11.9 Å². The number of rotatable bonds is 7. The van der Waals surface area contributed by atoms with Crippen LogP contribution in [0.5, 0.6) is 0 Å². The van der Waals surface area contributed by atoms with Crippen molar-refractivity contribution in [2.75, 3.05) is 6.54 Å². The van der Waals surface area contributed by atoms with Gasteiger partial charge in [0.1, 0.15) is 0 Å². The molecule has 6 nitrogen and oxygen atoms in total. The molecule has 1 amide bonds. The topological polar surface area (TPSA) is 90.7 Å². The summed E-state index contributed by atoms with van der Waals surface area (Å²) in [4.78, 5) is 29.7. The van der Waals surface area contributed by atoms with E-state index in [0.717, 1.165) is 24.8 Å². The normalized spacial score (nSPS) is 20.3. The van der Waals surface area contributed by atoms with Gasteiger partial charge in [0.15, 0.2) is 6.10 Å². The number of aromatic nitrogens is 1. The average Bonchev–Trinajstić information content (AvgIpc) is 3.05. The summed E-state index contributed by atoms with van der Waals surface area (Å²) in [6.45, 7) is 2.57. The Morgan fingerprint density at radius 3 is 2.70 bits per heavy atom. The molecule has 2 N–H and O–H groups in total. The number of unbranched alkanes of at least 4 members (excludes halogenated alkanes) is 1. The third-order valence-corrected chi connectivity index (χ3v) is 4.45. The van der Waals surface area contributed by atoms with Gasteiger partial charge in [-0.2, -0.15) is 0 Å². The molecular formula is C17H24N2O4. The molecule has 3 atom stereocenters. The first-order valence-electron chi connectivity index (χ1n) is 8.17. The Kier molecular flexibility index (Phi) is 6.10. The molecule has 0 radical (unpaired) electrons. The van der Waals surface area contributed by atoms with Gasteiger partial charge in [-0.05, 0) is 37.0 Å². The Bertz CT molecular complexity index is 535. The smallest absolute Gasteiger partial charge is 0.333 e. The molecule has 1 unspecified atom stereocenters. The van der Waals surface area contributed by atoms with E-state index in [0.29, 0.717) is 19.4 Å². The number of aliphatic hydroxyl groups excluding tert-OH is 1. The molecular weight excluding hydrogens is 296 g/mol. The summed E-state index contributed by atoms with van der Waals surface area (Å²) in [7, 11) is 0. The molecule has 23 heavy (non-hydrogen) atoms. The van der Waals surface area contributed by atoms with Crippen molar-refractivity contribution < 1.29 is 19.8 Å². The summed E-state index contributed by atoms with van der Waals surface area (Å²) in [5.41, 5.74) is 1.00. The summed E-state index contributed by atoms with van der Waals surface area (Å²) in [5, 5.41) is 19.0. The van der Waals surface area contributed by atoms with Crippen molar-refractivity contribution in [2.24, 2.45) is 5.92 Å². The second kappa shape index (κ2) is 8.06. The van der Waals surface area contributed by atoms with E-state index < -0.39 is 18.0 Å². The average molecular weight is 320 g/mol. The number of amides is 1. The number of nitrogens with zero attached hydrogens (tertiary/aromatic N) is 2. The highest BCUT2D eigenvalue weighted by Gasteiger charge is 2.38.